The highest BCUT2D eigenvalue weighted by atomic mass is 32.1. The molecule has 0 nitrogen and oxygen atoms in total. The van der Waals surface area contributed by atoms with Crippen molar-refractivity contribution in [3.8, 4) is 11.1 Å². The number of rotatable bonds is 3. The van der Waals surface area contributed by atoms with E-state index in [9.17, 15) is 0 Å². The Morgan fingerprint density at radius 1 is 0.684 bits per heavy atom. The predicted octanol–water partition coefficient (Wildman–Crippen LogP) is 5.59. The minimum atomic E-state index is 1.23. The molecule has 0 aliphatic heterocycles. The summed E-state index contributed by atoms with van der Waals surface area (Å²) in [6.07, 6.45) is 4.35. The molecule has 2 aromatic carbocycles. The van der Waals surface area contributed by atoms with E-state index in [1.165, 1.54) is 22.3 Å². The molecular weight excluding hydrogens is 248 g/mol. The quantitative estimate of drug-likeness (QED) is 0.577. The lowest BCUT2D eigenvalue weighted by Crippen LogP contribution is -1.76. The topological polar surface area (TPSA) is 0 Å². The first kappa shape index (κ1) is 11.9. The molecule has 1 aromatic heterocycles. The van der Waals surface area contributed by atoms with Crippen molar-refractivity contribution in [3.63, 3.8) is 0 Å². The van der Waals surface area contributed by atoms with Gasteiger partial charge in [-0.05, 0) is 33.0 Å². The smallest absolute Gasteiger partial charge is 0.000419 e. The molecule has 0 bridgehead atoms. The van der Waals surface area contributed by atoms with Crippen LogP contribution in [0.1, 0.15) is 11.1 Å². The zero-order valence-corrected chi connectivity index (χ0v) is 11.3. The van der Waals surface area contributed by atoms with Gasteiger partial charge in [0.15, 0.2) is 0 Å². The molecule has 0 unspecified atom stereocenters. The highest BCUT2D eigenvalue weighted by Gasteiger charge is 2.02. The van der Waals surface area contributed by atoms with Crippen LogP contribution in [-0.4, -0.2) is 0 Å². The number of benzene rings is 2. The lowest BCUT2D eigenvalue weighted by Gasteiger charge is -2.00. The normalized spacial score (nSPS) is 10.9. The largest absolute Gasteiger partial charge is 0.151 e. The van der Waals surface area contributed by atoms with E-state index in [2.05, 4.69) is 77.5 Å². The summed E-state index contributed by atoms with van der Waals surface area (Å²) < 4.78 is 0. The molecule has 3 aromatic rings. The lowest BCUT2D eigenvalue weighted by atomic mass is 10.0. The van der Waals surface area contributed by atoms with E-state index in [1.807, 2.05) is 6.07 Å². The fourth-order valence-corrected chi connectivity index (χ4v) is 2.87. The minimum Gasteiger partial charge on any atom is -0.151 e. The van der Waals surface area contributed by atoms with Crippen LogP contribution in [-0.2, 0) is 0 Å². The van der Waals surface area contributed by atoms with Crippen LogP contribution >= 0.6 is 11.3 Å². The second-order valence-electron chi connectivity index (χ2n) is 4.35. The summed E-state index contributed by atoms with van der Waals surface area (Å²) in [5.74, 6) is 0. The first-order valence-corrected chi connectivity index (χ1v) is 7.22. The Bertz CT molecular complexity index is 663. The molecule has 0 fully saturated rings. The molecule has 92 valence electrons. The maximum Gasteiger partial charge on any atom is -0.000419 e. The van der Waals surface area contributed by atoms with E-state index in [4.69, 9.17) is 0 Å². The SMILES string of the molecule is C(=C\c1cscc1-c1ccccc1)/c1ccccc1. The summed E-state index contributed by atoms with van der Waals surface area (Å²) in [6, 6.07) is 20.9. The van der Waals surface area contributed by atoms with Gasteiger partial charge in [-0.25, -0.2) is 0 Å². The summed E-state index contributed by atoms with van der Waals surface area (Å²) in [6.45, 7) is 0. The summed E-state index contributed by atoms with van der Waals surface area (Å²) in [7, 11) is 0. The van der Waals surface area contributed by atoms with Gasteiger partial charge in [-0.1, -0.05) is 72.8 Å². The van der Waals surface area contributed by atoms with Crippen molar-refractivity contribution in [1.82, 2.24) is 0 Å². The van der Waals surface area contributed by atoms with Crippen molar-refractivity contribution in [2.24, 2.45) is 0 Å². The van der Waals surface area contributed by atoms with Gasteiger partial charge in [0, 0.05) is 0 Å². The molecule has 0 saturated carbocycles. The fourth-order valence-electron chi connectivity index (χ4n) is 2.04. The van der Waals surface area contributed by atoms with Crippen molar-refractivity contribution in [1.29, 1.82) is 0 Å². The van der Waals surface area contributed by atoms with E-state index in [0.29, 0.717) is 0 Å². The van der Waals surface area contributed by atoms with Gasteiger partial charge in [0.05, 0.1) is 0 Å². The molecule has 0 aliphatic carbocycles. The molecule has 0 radical (unpaired) electrons. The van der Waals surface area contributed by atoms with Crippen LogP contribution in [0.4, 0.5) is 0 Å². The number of hydrogen-bond acceptors (Lipinski definition) is 1. The third-order valence-corrected chi connectivity index (χ3v) is 3.79. The van der Waals surface area contributed by atoms with E-state index in [0.717, 1.165) is 0 Å². The van der Waals surface area contributed by atoms with Gasteiger partial charge in [-0.15, -0.1) is 0 Å². The van der Waals surface area contributed by atoms with Crippen molar-refractivity contribution >= 4 is 23.5 Å². The summed E-state index contributed by atoms with van der Waals surface area (Å²) in [5.41, 5.74) is 5.09. The number of hydrogen-bond donors (Lipinski definition) is 0. The third kappa shape index (κ3) is 2.83. The maximum absolute atomic E-state index is 2.21. The van der Waals surface area contributed by atoms with Gasteiger partial charge in [0.2, 0.25) is 0 Å². The molecular formula is C18H14S. The second-order valence-corrected chi connectivity index (χ2v) is 5.09. The molecule has 1 heteroatoms. The highest BCUT2D eigenvalue weighted by Crippen LogP contribution is 2.28. The van der Waals surface area contributed by atoms with E-state index in [1.54, 1.807) is 11.3 Å². The van der Waals surface area contributed by atoms with Crippen LogP contribution in [0.25, 0.3) is 23.3 Å². The van der Waals surface area contributed by atoms with E-state index in [-0.39, 0.29) is 0 Å². The Labute approximate surface area is 117 Å². The Morgan fingerprint density at radius 2 is 1.37 bits per heavy atom. The van der Waals surface area contributed by atoms with Crippen molar-refractivity contribution in [2.45, 2.75) is 0 Å². The van der Waals surface area contributed by atoms with Gasteiger partial charge in [0.1, 0.15) is 0 Å². The average molecular weight is 262 g/mol. The monoisotopic (exact) mass is 262 g/mol. The van der Waals surface area contributed by atoms with Crippen LogP contribution in [0, 0.1) is 0 Å². The van der Waals surface area contributed by atoms with Gasteiger partial charge in [0.25, 0.3) is 0 Å². The van der Waals surface area contributed by atoms with Crippen LogP contribution in [0.3, 0.4) is 0 Å². The second kappa shape index (κ2) is 5.68. The maximum atomic E-state index is 2.21. The highest BCUT2D eigenvalue weighted by molar-refractivity contribution is 7.08. The minimum absolute atomic E-state index is 1.23. The van der Waals surface area contributed by atoms with Crippen LogP contribution in [0.15, 0.2) is 71.4 Å². The van der Waals surface area contributed by atoms with Crippen molar-refractivity contribution in [2.75, 3.05) is 0 Å². The standard InChI is InChI=1S/C18H14S/c1-3-7-15(8-4-1)11-12-17-13-19-14-18(17)16-9-5-2-6-10-16/h1-14H/b12-11+. The van der Waals surface area contributed by atoms with E-state index < -0.39 is 0 Å². The van der Waals surface area contributed by atoms with Gasteiger partial charge in [-0.3, -0.25) is 0 Å². The van der Waals surface area contributed by atoms with Crippen molar-refractivity contribution in [3.05, 3.63) is 82.6 Å². The fraction of sp³-hybridized carbons (Fsp3) is 0. The molecule has 19 heavy (non-hydrogen) atoms. The molecule has 0 N–H and O–H groups in total. The predicted molar refractivity (Wildman–Crippen MR) is 85.1 cm³/mol. The Balaban J connectivity index is 1.91. The van der Waals surface area contributed by atoms with Crippen LogP contribution in [0.2, 0.25) is 0 Å². The Hall–Kier alpha value is -2.12. The summed E-state index contributed by atoms with van der Waals surface area (Å²) in [5, 5.41) is 4.40. The van der Waals surface area contributed by atoms with Crippen molar-refractivity contribution < 1.29 is 0 Å². The Kier molecular flexibility index (Phi) is 3.57. The first-order valence-electron chi connectivity index (χ1n) is 6.28. The summed E-state index contributed by atoms with van der Waals surface area (Å²) >= 11 is 1.74. The molecule has 0 saturated heterocycles. The lowest BCUT2D eigenvalue weighted by molar-refractivity contribution is 1.65. The molecule has 0 spiro atoms. The molecule has 1 heterocycles. The number of thiophene rings is 1. The molecule has 3 rings (SSSR count). The average Bonchev–Trinajstić information content (AvgIpc) is 2.95. The van der Waals surface area contributed by atoms with E-state index >= 15 is 0 Å². The van der Waals surface area contributed by atoms with Crippen LogP contribution in [0.5, 0.6) is 0 Å². The van der Waals surface area contributed by atoms with Gasteiger partial charge < -0.3 is 0 Å². The molecule has 0 aliphatic rings. The van der Waals surface area contributed by atoms with Crippen LogP contribution < -0.4 is 0 Å². The van der Waals surface area contributed by atoms with Gasteiger partial charge in [-0.2, -0.15) is 11.3 Å². The third-order valence-electron chi connectivity index (χ3n) is 3.03. The molecule has 0 amide bonds. The van der Waals surface area contributed by atoms with Gasteiger partial charge >= 0.3 is 0 Å². The first-order chi connectivity index (χ1) is 9.43. The zero-order chi connectivity index (χ0) is 12.9. The zero-order valence-electron chi connectivity index (χ0n) is 10.5. The Morgan fingerprint density at radius 3 is 2.11 bits per heavy atom. The molecule has 0 atom stereocenters. The summed E-state index contributed by atoms with van der Waals surface area (Å²) in [4.78, 5) is 0.